The van der Waals surface area contributed by atoms with Gasteiger partial charge in [0.25, 0.3) is 0 Å². The summed E-state index contributed by atoms with van der Waals surface area (Å²) in [6, 6.07) is -0.700. The Morgan fingerprint density at radius 1 is 0.452 bits per heavy atom. The molecule has 0 aliphatic heterocycles. The van der Waals surface area contributed by atoms with Crippen molar-refractivity contribution in [3.05, 3.63) is 12.2 Å². The Morgan fingerprint density at radius 2 is 0.774 bits per heavy atom. The molecule has 6 heteroatoms. The smallest absolute Gasteiger partial charge is 0.306 e. The summed E-state index contributed by atoms with van der Waals surface area (Å²) in [4.78, 5) is 26.2. The highest BCUT2D eigenvalue weighted by molar-refractivity contribution is 5.77. The number of esters is 1. The van der Waals surface area contributed by atoms with E-state index in [1.165, 1.54) is 205 Å². The van der Waals surface area contributed by atoms with E-state index in [9.17, 15) is 19.8 Å². The summed E-state index contributed by atoms with van der Waals surface area (Å²) in [6.07, 6.45) is 57.0. The highest BCUT2D eigenvalue weighted by Gasteiger charge is 2.24. The zero-order valence-corrected chi connectivity index (χ0v) is 42.0. The monoisotopic (exact) mass is 876 g/mol. The van der Waals surface area contributed by atoms with Gasteiger partial charge < -0.3 is 20.3 Å². The van der Waals surface area contributed by atoms with Crippen LogP contribution in [0.5, 0.6) is 0 Å². The Balaban J connectivity index is 4.53. The lowest BCUT2D eigenvalue weighted by Crippen LogP contribution is -2.46. The maximum absolute atomic E-state index is 13.2. The Bertz CT molecular complexity index is 939. The molecule has 1 amide bonds. The van der Waals surface area contributed by atoms with Gasteiger partial charge in [-0.25, -0.2) is 0 Å². The third-order valence-electron chi connectivity index (χ3n) is 13.1. The van der Waals surface area contributed by atoms with Crippen molar-refractivity contribution in [2.75, 3.05) is 6.61 Å². The van der Waals surface area contributed by atoms with Gasteiger partial charge in [0.1, 0.15) is 6.10 Å². The van der Waals surface area contributed by atoms with E-state index >= 15 is 0 Å². The predicted molar refractivity (Wildman–Crippen MR) is 269 cm³/mol. The fourth-order valence-corrected chi connectivity index (χ4v) is 8.84. The number of carbonyl (C=O) groups is 2. The normalized spacial score (nSPS) is 13.2. The Kier molecular flexibility index (Phi) is 49.5. The van der Waals surface area contributed by atoms with Crippen molar-refractivity contribution in [3.8, 4) is 0 Å². The molecule has 0 bridgehead atoms. The molecule has 0 saturated carbocycles. The van der Waals surface area contributed by atoms with E-state index in [2.05, 4.69) is 38.2 Å². The molecule has 62 heavy (non-hydrogen) atoms. The molecule has 0 aromatic heterocycles. The quantitative estimate of drug-likeness (QED) is 0.0321. The molecule has 0 aromatic carbocycles. The predicted octanol–water partition coefficient (Wildman–Crippen LogP) is 16.9. The van der Waals surface area contributed by atoms with Crippen LogP contribution in [0.1, 0.15) is 310 Å². The van der Waals surface area contributed by atoms with E-state index in [4.69, 9.17) is 4.74 Å². The summed E-state index contributed by atoms with van der Waals surface area (Å²) in [5.41, 5.74) is 0. The van der Waals surface area contributed by atoms with Crippen LogP contribution in [0.25, 0.3) is 0 Å². The number of hydrogen-bond donors (Lipinski definition) is 3. The molecule has 0 rings (SSSR count). The first kappa shape index (κ1) is 60.6. The minimum Gasteiger partial charge on any atom is -0.462 e. The number of unbranched alkanes of at least 4 members (excludes halogenated alkanes) is 37. The molecule has 0 aliphatic rings. The van der Waals surface area contributed by atoms with E-state index in [-0.39, 0.29) is 24.9 Å². The molecule has 6 nitrogen and oxygen atoms in total. The van der Waals surface area contributed by atoms with Gasteiger partial charge >= 0.3 is 5.97 Å². The molecule has 368 valence electrons. The number of carbonyl (C=O) groups excluding carboxylic acids is 2. The number of aliphatic hydroxyl groups excluding tert-OH is 2. The van der Waals surface area contributed by atoms with Crippen molar-refractivity contribution >= 4 is 11.9 Å². The first-order valence-electron chi connectivity index (χ1n) is 27.9. The molecule has 3 atom stereocenters. The van der Waals surface area contributed by atoms with Crippen LogP contribution in [0.2, 0.25) is 0 Å². The van der Waals surface area contributed by atoms with Gasteiger partial charge in [-0.3, -0.25) is 9.59 Å². The molecular weight excluding hydrogens is 767 g/mol. The van der Waals surface area contributed by atoms with Crippen LogP contribution in [0.15, 0.2) is 12.2 Å². The summed E-state index contributed by atoms with van der Waals surface area (Å²) < 4.78 is 5.95. The van der Waals surface area contributed by atoms with Crippen LogP contribution in [0.3, 0.4) is 0 Å². The minimum atomic E-state index is -0.786. The van der Waals surface area contributed by atoms with Gasteiger partial charge in [-0.05, 0) is 51.4 Å². The SMILES string of the molecule is CCCCCCCCC/C=C/CCCCCC(CC(=O)NC(CO)C(O)CCCCCCCCCCCCCCCC)OC(=O)CCCCCCCCCCCCCCCCC. The Morgan fingerprint density at radius 3 is 1.16 bits per heavy atom. The molecule has 3 N–H and O–H groups in total. The largest absolute Gasteiger partial charge is 0.462 e. The second-order valence-electron chi connectivity index (χ2n) is 19.3. The summed E-state index contributed by atoms with van der Waals surface area (Å²) in [7, 11) is 0. The van der Waals surface area contributed by atoms with Gasteiger partial charge in [0.2, 0.25) is 5.91 Å². The molecule has 0 aromatic rings. The summed E-state index contributed by atoms with van der Waals surface area (Å²) >= 11 is 0. The van der Waals surface area contributed by atoms with Gasteiger partial charge in [0, 0.05) is 6.42 Å². The lowest BCUT2D eigenvalue weighted by atomic mass is 10.0. The minimum absolute atomic E-state index is 0.0744. The number of aliphatic hydroxyl groups is 2. The highest BCUT2D eigenvalue weighted by Crippen LogP contribution is 2.18. The fourth-order valence-electron chi connectivity index (χ4n) is 8.84. The van der Waals surface area contributed by atoms with Crippen molar-refractivity contribution in [2.24, 2.45) is 0 Å². The van der Waals surface area contributed by atoms with Crippen LogP contribution in [-0.4, -0.2) is 46.9 Å². The number of hydrogen-bond acceptors (Lipinski definition) is 5. The van der Waals surface area contributed by atoms with Crippen molar-refractivity contribution in [1.29, 1.82) is 0 Å². The molecule has 0 fully saturated rings. The van der Waals surface area contributed by atoms with Gasteiger partial charge in [-0.15, -0.1) is 0 Å². The maximum Gasteiger partial charge on any atom is 0.306 e. The number of allylic oxidation sites excluding steroid dienone is 2. The molecule has 0 radical (unpaired) electrons. The molecule has 0 spiro atoms. The number of nitrogens with one attached hydrogen (secondary N) is 1. The van der Waals surface area contributed by atoms with Crippen molar-refractivity contribution in [2.45, 2.75) is 328 Å². The van der Waals surface area contributed by atoms with Gasteiger partial charge in [0.05, 0.1) is 25.2 Å². The first-order valence-corrected chi connectivity index (χ1v) is 27.9. The standard InChI is InChI=1S/C56H109NO5/c1-4-7-10-13-16-19-22-25-28-31-34-37-40-43-46-49-56(61)62-52(47-44-41-38-35-32-29-26-23-20-17-14-11-8-5-2)50-55(60)57-53(51-58)54(59)48-45-42-39-36-33-30-27-24-21-18-15-12-9-6-3/h29,32,52-54,58-59H,4-28,30-31,33-51H2,1-3H3,(H,57,60)/b32-29+. The average molecular weight is 876 g/mol. The Hall–Kier alpha value is -1.40. The van der Waals surface area contributed by atoms with E-state index in [1.807, 2.05) is 0 Å². The van der Waals surface area contributed by atoms with E-state index in [1.54, 1.807) is 0 Å². The van der Waals surface area contributed by atoms with Crippen LogP contribution in [0.4, 0.5) is 0 Å². The first-order chi connectivity index (χ1) is 30.5. The van der Waals surface area contributed by atoms with Crippen molar-refractivity contribution in [3.63, 3.8) is 0 Å². The molecule has 0 aliphatic carbocycles. The zero-order valence-electron chi connectivity index (χ0n) is 42.0. The van der Waals surface area contributed by atoms with Gasteiger partial charge in [-0.1, -0.05) is 258 Å². The van der Waals surface area contributed by atoms with Crippen molar-refractivity contribution in [1.82, 2.24) is 5.32 Å². The summed E-state index contributed by atoms with van der Waals surface area (Å²) in [6.45, 7) is 6.51. The second kappa shape index (κ2) is 50.6. The number of ether oxygens (including phenoxy) is 1. The third kappa shape index (κ3) is 45.2. The summed E-state index contributed by atoms with van der Waals surface area (Å²) in [5, 5.41) is 23.8. The zero-order chi connectivity index (χ0) is 45.2. The van der Waals surface area contributed by atoms with Gasteiger partial charge in [-0.2, -0.15) is 0 Å². The van der Waals surface area contributed by atoms with Crippen LogP contribution >= 0.6 is 0 Å². The lowest BCUT2D eigenvalue weighted by molar-refractivity contribution is -0.151. The van der Waals surface area contributed by atoms with Crippen LogP contribution in [0, 0.1) is 0 Å². The topological polar surface area (TPSA) is 95.9 Å². The van der Waals surface area contributed by atoms with Gasteiger partial charge in [0.15, 0.2) is 0 Å². The van der Waals surface area contributed by atoms with Crippen molar-refractivity contribution < 1.29 is 24.5 Å². The lowest BCUT2D eigenvalue weighted by Gasteiger charge is -2.24. The fraction of sp³-hybridized carbons (Fsp3) is 0.929. The average Bonchev–Trinajstić information content (AvgIpc) is 3.26. The second-order valence-corrected chi connectivity index (χ2v) is 19.3. The highest BCUT2D eigenvalue weighted by atomic mass is 16.5. The number of rotatable bonds is 51. The van der Waals surface area contributed by atoms with E-state index in [0.29, 0.717) is 19.3 Å². The van der Waals surface area contributed by atoms with Crippen LogP contribution in [-0.2, 0) is 14.3 Å². The molecule has 0 saturated heterocycles. The van der Waals surface area contributed by atoms with Crippen LogP contribution < -0.4 is 5.32 Å². The third-order valence-corrected chi connectivity index (χ3v) is 13.1. The molecule has 0 heterocycles. The van der Waals surface area contributed by atoms with E-state index < -0.39 is 18.2 Å². The molecule has 3 unspecified atom stereocenters. The maximum atomic E-state index is 13.2. The number of amides is 1. The summed E-state index contributed by atoms with van der Waals surface area (Å²) in [5.74, 6) is -0.468. The van der Waals surface area contributed by atoms with E-state index in [0.717, 1.165) is 57.8 Å². The molecular formula is C56H109NO5. The Labute approximate surface area is 387 Å².